The number of benzene rings is 1. The van der Waals surface area contributed by atoms with E-state index in [0.29, 0.717) is 66.1 Å². The van der Waals surface area contributed by atoms with Gasteiger partial charge in [-0.05, 0) is 24.3 Å². The molecule has 30 heavy (non-hydrogen) atoms. The first-order valence-corrected chi connectivity index (χ1v) is 9.62. The molecule has 1 aromatic carbocycles. The van der Waals surface area contributed by atoms with Gasteiger partial charge in [0.2, 0.25) is 5.71 Å². The summed E-state index contributed by atoms with van der Waals surface area (Å²) in [6.07, 6.45) is 1.68. The second-order valence-corrected chi connectivity index (χ2v) is 6.81. The standard InChI is InChI=1S/C21H19N5O4/c22-12-16(27)29-14-4-1-3-13(11-14)19-24-17-15-5-2-6-23-21(15)30-18(17)20(25-19)26-7-9-28-10-8-26/h1-6,11H,7-10,12,22H2. The van der Waals surface area contributed by atoms with Gasteiger partial charge < -0.3 is 24.5 Å². The largest absolute Gasteiger partial charge is 0.432 e. The van der Waals surface area contributed by atoms with Crippen molar-refractivity contribution >= 4 is 34.0 Å². The van der Waals surface area contributed by atoms with Gasteiger partial charge in [-0.15, -0.1) is 0 Å². The van der Waals surface area contributed by atoms with Crippen LogP contribution in [0.25, 0.3) is 33.6 Å². The molecular formula is C21H19N5O4. The first-order valence-electron chi connectivity index (χ1n) is 9.62. The molecule has 4 heterocycles. The van der Waals surface area contributed by atoms with Crippen molar-refractivity contribution in [3.8, 4) is 17.1 Å². The number of morpholine rings is 1. The van der Waals surface area contributed by atoms with Gasteiger partial charge >= 0.3 is 5.97 Å². The van der Waals surface area contributed by atoms with Gasteiger partial charge in [0.25, 0.3) is 0 Å². The molecule has 2 N–H and O–H groups in total. The molecule has 1 saturated heterocycles. The van der Waals surface area contributed by atoms with Crippen LogP contribution in [0.15, 0.2) is 47.0 Å². The number of ether oxygens (including phenoxy) is 2. The third-order valence-electron chi connectivity index (χ3n) is 4.87. The lowest BCUT2D eigenvalue weighted by Crippen LogP contribution is -2.37. The smallest absolute Gasteiger partial charge is 0.325 e. The molecule has 3 aromatic heterocycles. The number of furan rings is 1. The monoisotopic (exact) mass is 405 g/mol. The Balaban J connectivity index is 1.68. The minimum absolute atomic E-state index is 0.193. The van der Waals surface area contributed by atoms with Crippen molar-refractivity contribution in [1.82, 2.24) is 15.0 Å². The summed E-state index contributed by atoms with van der Waals surface area (Å²) in [5.74, 6) is 1.07. The van der Waals surface area contributed by atoms with Crippen LogP contribution >= 0.6 is 0 Å². The Hall–Kier alpha value is -3.56. The number of pyridine rings is 1. The predicted molar refractivity (Wildman–Crippen MR) is 110 cm³/mol. The lowest BCUT2D eigenvalue weighted by Gasteiger charge is -2.27. The van der Waals surface area contributed by atoms with Crippen LogP contribution in [-0.4, -0.2) is 53.8 Å². The van der Waals surface area contributed by atoms with Crippen LogP contribution in [0, 0.1) is 0 Å². The van der Waals surface area contributed by atoms with E-state index in [2.05, 4.69) is 9.88 Å². The third-order valence-corrected chi connectivity index (χ3v) is 4.87. The highest BCUT2D eigenvalue weighted by molar-refractivity contribution is 6.05. The van der Waals surface area contributed by atoms with Crippen LogP contribution in [0.4, 0.5) is 5.82 Å². The molecular weight excluding hydrogens is 386 g/mol. The minimum atomic E-state index is -0.510. The summed E-state index contributed by atoms with van der Waals surface area (Å²) in [5.41, 5.74) is 7.86. The summed E-state index contributed by atoms with van der Waals surface area (Å²) in [4.78, 5) is 27.6. The number of carbonyl (C=O) groups is 1. The molecule has 4 aromatic rings. The van der Waals surface area contributed by atoms with E-state index in [0.717, 1.165) is 5.39 Å². The molecule has 9 heteroatoms. The Morgan fingerprint density at radius 2 is 2.03 bits per heavy atom. The number of hydrogen-bond acceptors (Lipinski definition) is 9. The number of nitrogens with zero attached hydrogens (tertiary/aromatic N) is 4. The van der Waals surface area contributed by atoms with E-state index in [9.17, 15) is 4.79 Å². The van der Waals surface area contributed by atoms with Crippen LogP contribution in [0.1, 0.15) is 0 Å². The molecule has 0 saturated carbocycles. The first-order chi connectivity index (χ1) is 14.7. The summed E-state index contributed by atoms with van der Waals surface area (Å²) in [6, 6.07) is 10.8. The fourth-order valence-electron chi connectivity index (χ4n) is 3.45. The van der Waals surface area contributed by atoms with Gasteiger partial charge in [-0.25, -0.2) is 15.0 Å². The Labute approximate surface area is 171 Å². The maximum absolute atomic E-state index is 11.6. The topological polar surface area (TPSA) is 117 Å². The zero-order chi connectivity index (χ0) is 20.5. The van der Waals surface area contributed by atoms with Gasteiger partial charge in [-0.2, -0.15) is 0 Å². The molecule has 1 fully saturated rings. The molecule has 1 aliphatic rings. The van der Waals surface area contributed by atoms with E-state index in [1.54, 1.807) is 24.4 Å². The van der Waals surface area contributed by atoms with Crippen molar-refractivity contribution in [3.05, 3.63) is 42.6 Å². The maximum Gasteiger partial charge on any atom is 0.325 e. The Morgan fingerprint density at radius 3 is 2.87 bits per heavy atom. The minimum Gasteiger partial charge on any atom is -0.432 e. The lowest BCUT2D eigenvalue weighted by atomic mass is 10.2. The molecule has 0 radical (unpaired) electrons. The predicted octanol–water partition coefficient (Wildman–Crippen LogP) is 2.14. The Morgan fingerprint density at radius 1 is 1.17 bits per heavy atom. The summed E-state index contributed by atoms with van der Waals surface area (Å²) in [5, 5.41) is 0.816. The quantitative estimate of drug-likeness (QED) is 0.402. The summed E-state index contributed by atoms with van der Waals surface area (Å²) in [6.45, 7) is 2.43. The number of esters is 1. The van der Waals surface area contributed by atoms with Crippen molar-refractivity contribution in [2.45, 2.75) is 0 Å². The van der Waals surface area contributed by atoms with Gasteiger partial charge in [0.15, 0.2) is 17.2 Å². The van der Waals surface area contributed by atoms with E-state index in [1.807, 2.05) is 18.2 Å². The van der Waals surface area contributed by atoms with Crippen LogP contribution in [-0.2, 0) is 9.53 Å². The molecule has 0 aliphatic carbocycles. The second kappa shape index (κ2) is 7.69. The van der Waals surface area contributed by atoms with Crippen molar-refractivity contribution in [2.75, 3.05) is 37.7 Å². The Bertz CT molecular complexity index is 1230. The van der Waals surface area contributed by atoms with Gasteiger partial charge in [0.1, 0.15) is 11.3 Å². The normalized spacial score (nSPS) is 14.4. The summed E-state index contributed by atoms with van der Waals surface area (Å²) < 4.78 is 16.7. The van der Waals surface area contributed by atoms with E-state index >= 15 is 0 Å². The van der Waals surface area contributed by atoms with Crippen molar-refractivity contribution < 1.29 is 18.7 Å². The number of aromatic nitrogens is 3. The van der Waals surface area contributed by atoms with Gasteiger partial charge in [-0.1, -0.05) is 12.1 Å². The molecule has 0 spiro atoms. The maximum atomic E-state index is 11.6. The number of hydrogen-bond donors (Lipinski definition) is 1. The highest BCUT2D eigenvalue weighted by Gasteiger charge is 2.23. The zero-order valence-corrected chi connectivity index (χ0v) is 16.1. The Kier molecular flexibility index (Phi) is 4.74. The summed E-state index contributed by atoms with van der Waals surface area (Å²) >= 11 is 0. The number of rotatable bonds is 4. The van der Waals surface area contributed by atoms with Gasteiger partial charge in [0, 0.05) is 24.8 Å². The molecule has 0 atom stereocenters. The average molecular weight is 405 g/mol. The number of carbonyl (C=O) groups excluding carboxylic acids is 1. The molecule has 0 amide bonds. The van der Waals surface area contributed by atoms with Crippen molar-refractivity contribution in [1.29, 1.82) is 0 Å². The molecule has 0 unspecified atom stereocenters. The molecule has 0 bridgehead atoms. The number of anilines is 1. The van der Waals surface area contributed by atoms with Crippen LogP contribution in [0.2, 0.25) is 0 Å². The fourth-order valence-corrected chi connectivity index (χ4v) is 3.45. The third kappa shape index (κ3) is 3.34. The highest BCUT2D eigenvalue weighted by atomic mass is 16.5. The van der Waals surface area contributed by atoms with E-state index in [4.69, 9.17) is 29.6 Å². The molecule has 9 nitrogen and oxygen atoms in total. The first kappa shape index (κ1) is 18.5. The van der Waals surface area contributed by atoms with Crippen molar-refractivity contribution in [2.24, 2.45) is 5.73 Å². The van der Waals surface area contributed by atoms with Crippen LogP contribution < -0.4 is 15.4 Å². The molecule has 1 aliphatic heterocycles. The highest BCUT2D eigenvalue weighted by Crippen LogP contribution is 2.34. The van der Waals surface area contributed by atoms with E-state index in [1.165, 1.54) is 0 Å². The molecule has 5 rings (SSSR count). The van der Waals surface area contributed by atoms with Gasteiger partial charge in [-0.3, -0.25) is 4.79 Å². The summed E-state index contributed by atoms with van der Waals surface area (Å²) in [7, 11) is 0. The fraction of sp³-hybridized carbons (Fsp3) is 0.238. The SMILES string of the molecule is NCC(=O)Oc1cccc(-c2nc(N3CCOCC3)c3oc4ncccc4c3n2)c1. The van der Waals surface area contributed by atoms with E-state index in [-0.39, 0.29) is 6.54 Å². The zero-order valence-electron chi connectivity index (χ0n) is 16.1. The molecule has 152 valence electrons. The average Bonchev–Trinajstić information content (AvgIpc) is 3.18. The van der Waals surface area contributed by atoms with Gasteiger partial charge in [0.05, 0.1) is 25.1 Å². The van der Waals surface area contributed by atoms with Crippen molar-refractivity contribution in [3.63, 3.8) is 0 Å². The lowest BCUT2D eigenvalue weighted by molar-refractivity contribution is -0.132. The van der Waals surface area contributed by atoms with Crippen LogP contribution in [0.5, 0.6) is 5.75 Å². The van der Waals surface area contributed by atoms with E-state index < -0.39 is 5.97 Å². The number of nitrogens with two attached hydrogens (primary N) is 1. The number of fused-ring (bicyclic) bond motifs is 3. The second-order valence-electron chi connectivity index (χ2n) is 6.81. The van der Waals surface area contributed by atoms with Crippen LogP contribution in [0.3, 0.4) is 0 Å².